The van der Waals surface area contributed by atoms with Gasteiger partial charge in [-0.3, -0.25) is 9.78 Å². The number of hydrogen-bond donors (Lipinski definition) is 1. The molecule has 0 bridgehead atoms. The number of nitrogens with zero attached hydrogens (tertiary/aromatic N) is 3. The van der Waals surface area contributed by atoms with Crippen LogP contribution < -0.4 is 5.32 Å². The van der Waals surface area contributed by atoms with Gasteiger partial charge in [0.15, 0.2) is 5.76 Å². The Labute approximate surface area is 149 Å². The predicted molar refractivity (Wildman–Crippen MR) is 94.4 cm³/mol. The first-order valence-electron chi connectivity index (χ1n) is 8.14. The molecule has 0 fully saturated rings. The molecule has 4 rings (SSSR count). The molecule has 4 aromatic rings. The molecule has 3 aromatic heterocycles. The normalized spacial score (nSPS) is 11.0. The van der Waals surface area contributed by atoms with E-state index in [1.807, 2.05) is 50.2 Å². The minimum absolute atomic E-state index is 0.118. The third kappa shape index (κ3) is 2.83. The molecule has 0 aliphatic carbocycles. The molecule has 0 saturated heterocycles. The number of carbonyl (C=O) groups is 1. The highest BCUT2D eigenvalue weighted by Crippen LogP contribution is 2.33. The molecular formula is C19H16N4O3. The molecule has 1 amide bonds. The number of amides is 1. The molecule has 1 aromatic carbocycles. The van der Waals surface area contributed by atoms with Gasteiger partial charge in [-0.1, -0.05) is 24.3 Å². The molecule has 0 spiro atoms. The number of fused-ring (bicyclic) bond motifs is 1. The Kier molecular flexibility index (Phi) is 3.96. The van der Waals surface area contributed by atoms with E-state index in [4.69, 9.17) is 8.83 Å². The highest BCUT2D eigenvalue weighted by molar-refractivity contribution is 5.90. The third-order valence-electron chi connectivity index (χ3n) is 4.13. The Morgan fingerprint density at radius 1 is 1.08 bits per heavy atom. The van der Waals surface area contributed by atoms with E-state index in [-0.39, 0.29) is 18.3 Å². The van der Waals surface area contributed by atoms with Crippen molar-refractivity contribution in [3.63, 3.8) is 0 Å². The number of furan rings is 1. The van der Waals surface area contributed by atoms with Gasteiger partial charge in [0.25, 0.3) is 5.89 Å². The molecular weight excluding hydrogens is 332 g/mol. The molecule has 7 heteroatoms. The fourth-order valence-electron chi connectivity index (χ4n) is 2.74. The van der Waals surface area contributed by atoms with Crippen LogP contribution >= 0.6 is 0 Å². The quantitative estimate of drug-likeness (QED) is 0.607. The van der Waals surface area contributed by atoms with Crippen molar-refractivity contribution in [1.82, 2.24) is 20.5 Å². The van der Waals surface area contributed by atoms with E-state index >= 15 is 0 Å². The average molecular weight is 348 g/mol. The minimum atomic E-state index is -0.459. The summed E-state index contributed by atoms with van der Waals surface area (Å²) < 4.78 is 11.4. The van der Waals surface area contributed by atoms with Crippen LogP contribution in [0.5, 0.6) is 0 Å². The fourth-order valence-corrected chi connectivity index (χ4v) is 2.74. The summed E-state index contributed by atoms with van der Waals surface area (Å²) in [7, 11) is 0. The molecule has 0 aliphatic rings. The van der Waals surface area contributed by atoms with Gasteiger partial charge < -0.3 is 14.2 Å². The summed E-state index contributed by atoms with van der Waals surface area (Å²) in [5, 5.41) is 11.5. The number of carbonyl (C=O) groups excluding carboxylic acids is 1. The Hall–Kier alpha value is -3.48. The van der Waals surface area contributed by atoms with Crippen LogP contribution in [0.3, 0.4) is 0 Å². The highest BCUT2D eigenvalue weighted by Gasteiger charge is 2.21. The molecule has 7 nitrogen and oxygen atoms in total. The minimum Gasteiger partial charge on any atom is -0.450 e. The second-order valence-corrected chi connectivity index (χ2v) is 5.92. The average Bonchev–Trinajstić information content (AvgIpc) is 3.27. The van der Waals surface area contributed by atoms with Gasteiger partial charge >= 0.3 is 11.8 Å². The summed E-state index contributed by atoms with van der Waals surface area (Å²) in [4.78, 5) is 16.4. The van der Waals surface area contributed by atoms with Gasteiger partial charge in [0.2, 0.25) is 0 Å². The van der Waals surface area contributed by atoms with Crippen molar-refractivity contribution in [3.05, 3.63) is 65.3 Å². The molecule has 26 heavy (non-hydrogen) atoms. The summed E-state index contributed by atoms with van der Waals surface area (Å²) in [5.41, 5.74) is 3.43. The number of aromatic nitrogens is 3. The van der Waals surface area contributed by atoms with Crippen LogP contribution in [-0.4, -0.2) is 21.1 Å². The van der Waals surface area contributed by atoms with Crippen molar-refractivity contribution in [2.75, 3.05) is 0 Å². The number of hydrogen-bond acceptors (Lipinski definition) is 6. The van der Waals surface area contributed by atoms with Crippen molar-refractivity contribution in [2.45, 2.75) is 20.4 Å². The van der Waals surface area contributed by atoms with Crippen molar-refractivity contribution < 1.29 is 13.6 Å². The number of nitrogens with one attached hydrogen (secondary N) is 1. The van der Waals surface area contributed by atoms with Gasteiger partial charge in [-0.25, -0.2) is 0 Å². The summed E-state index contributed by atoms with van der Waals surface area (Å²) in [6, 6.07) is 11.4. The largest absolute Gasteiger partial charge is 0.450 e. The van der Waals surface area contributed by atoms with Gasteiger partial charge in [-0.15, -0.1) is 10.2 Å². The monoisotopic (exact) mass is 348 g/mol. The first kappa shape index (κ1) is 16.0. The van der Waals surface area contributed by atoms with Crippen LogP contribution in [0.15, 0.2) is 51.4 Å². The Bertz CT molecular complexity index is 1080. The van der Waals surface area contributed by atoms with E-state index < -0.39 is 5.91 Å². The molecule has 1 N–H and O–H groups in total. The zero-order valence-electron chi connectivity index (χ0n) is 14.3. The maximum absolute atomic E-state index is 12.2. The Morgan fingerprint density at radius 2 is 1.96 bits per heavy atom. The summed E-state index contributed by atoms with van der Waals surface area (Å²) >= 11 is 0. The summed E-state index contributed by atoms with van der Waals surface area (Å²) in [5.74, 6) is 0.0820. The van der Waals surface area contributed by atoms with Crippen LogP contribution in [0, 0.1) is 13.8 Å². The lowest BCUT2D eigenvalue weighted by Crippen LogP contribution is -2.23. The van der Waals surface area contributed by atoms with Crippen molar-refractivity contribution in [2.24, 2.45) is 0 Å². The molecule has 130 valence electrons. The van der Waals surface area contributed by atoms with Crippen LogP contribution in [0.25, 0.3) is 22.6 Å². The maximum atomic E-state index is 12.2. The van der Waals surface area contributed by atoms with E-state index in [1.54, 1.807) is 6.20 Å². The number of rotatable bonds is 4. The van der Waals surface area contributed by atoms with E-state index in [0.29, 0.717) is 5.76 Å². The van der Waals surface area contributed by atoms with Crippen LogP contribution in [-0.2, 0) is 6.54 Å². The van der Waals surface area contributed by atoms with E-state index in [9.17, 15) is 4.79 Å². The predicted octanol–water partition coefficient (Wildman–Crippen LogP) is 3.42. The molecule has 0 saturated carbocycles. The molecule has 0 unspecified atom stereocenters. The molecule has 0 aliphatic heterocycles. The lowest BCUT2D eigenvalue weighted by Gasteiger charge is -2.00. The van der Waals surface area contributed by atoms with Crippen molar-refractivity contribution in [1.29, 1.82) is 0 Å². The smallest absolute Gasteiger partial charge is 0.309 e. The second kappa shape index (κ2) is 6.44. The lowest BCUT2D eigenvalue weighted by molar-refractivity contribution is 0.0916. The number of aryl methyl sites for hydroxylation is 2. The van der Waals surface area contributed by atoms with Crippen LogP contribution in [0.1, 0.15) is 27.5 Å². The second-order valence-electron chi connectivity index (χ2n) is 5.92. The number of para-hydroxylation sites is 1. The molecule has 0 radical (unpaired) electrons. The van der Waals surface area contributed by atoms with E-state index in [2.05, 4.69) is 20.5 Å². The highest BCUT2D eigenvalue weighted by atomic mass is 16.4. The molecule has 3 heterocycles. The van der Waals surface area contributed by atoms with E-state index in [1.165, 1.54) is 0 Å². The SMILES string of the molecule is Cc1c(-c2nnc(C(=O)NCc3ccccn3)o2)oc2c(C)cccc12. The number of pyridine rings is 1. The maximum Gasteiger partial charge on any atom is 0.309 e. The summed E-state index contributed by atoms with van der Waals surface area (Å²) in [6.45, 7) is 4.17. The first-order valence-corrected chi connectivity index (χ1v) is 8.14. The van der Waals surface area contributed by atoms with Gasteiger partial charge in [0, 0.05) is 17.1 Å². The van der Waals surface area contributed by atoms with Crippen LogP contribution in [0.4, 0.5) is 0 Å². The van der Waals surface area contributed by atoms with E-state index in [0.717, 1.165) is 27.8 Å². The zero-order chi connectivity index (χ0) is 18.1. The summed E-state index contributed by atoms with van der Waals surface area (Å²) in [6.07, 6.45) is 1.67. The molecule has 0 atom stereocenters. The van der Waals surface area contributed by atoms with Gasteiger partial charge in [0.05, 0.1) is 12.2 Å². The number of benzene rings is 1. The zero-order valence-corrected chi connectivity index (χ0v) is 14.3. The lowest BCUT2D eigenvalue weighted by atomic mass is 10.1. The standard InChI is InChI=1S/C19H16N4O3/c1-11-6-5-8-14-12(2)16(25-15(11)14)18-22-23-19(26-18)17(24)21-10-13-7-3-4-9-20-13/h3-9H,10H2,1-2H3,(H,21,24). The van der Waals surface area contributed by atoms with Gasteiger partial charge in [-0.05, 0) is 31.5 Å². The van der Waals surface area contributed by atoms with Crippen molar-refractivity contribution >= 4 is 16.9 Å². The Morgan fingerprint density at radius 3 is 2.73 bits per heavy atom. The third-order valence-corrected chi connectivity index (χ3v) is 4.13. The first-order chi connectivity index (χ1) is 12.6. The fraction of sp³-hybridized carbons (Fsp3) is 0.158. The topological polar surface area (TPSA) is 94.1 Å². The van der Waals surface area contributed by atoms with Gasteiger partial charge in [0.1, 0.15) is 5.58 Å². The Balaban J connectivity index is 1.57. The van der Waals surface area contributed by atoms with Gasteiger partial charge in [-0.2, -0.15) is 0 Å². The van der Waals surface area contributed by atoms with Crippen LogP contribution in [0.2, 0.25) is 0 Å². The van der Waals surface area contributed by atoms with Crippen molar-refractivity contribution in [3.8, 4) is 11.7 Å².